The van der Waals surface area contributed by atoms with Crippen LogP contribution in [0.5, 0.6) is 0 Å². The molecule has 0 spiro atoms. The van der Waals surface area contributed by atoms with Crippen LogP contribution < -0.4 is 0 Å². The second-order valence-electron chi connectivity index (χ2n) is 27.0. The zero-order chi connectivity index (χ0) is 69.7. The molecule has 2 atom stereocenters. The lowest BCUT2D eigenvalue weighted by atomic mass is 10.0. The molecule has 0 heterocycles. The Hall–Kier alpha value is -4.37. The van der Waals surface area contributed by atoms with E-state index in [2.05, 4.69) is 172 Å². The Morgan fingerprint density at radius 2 is 0.562 bits per heavy atom. The van der Waals surface area contributed by atoms with Crippen LogP contribution in [0, 0.1) is 0 Å². The largest absolute Gasteiger partial charge is 0.472 e. The molecule has 0 aliphatic heterocycles. The van der Waals surface area contributed by atoms with Crippen molar-refractivity contribution in [1.82, 2.24) is 0 Å². The van der Waals surface area contributed by atoms with Crippen molar-refractivity contribution in [2.24, 2.45) is 0 Å². The summed E-state index contributed by atoms with van der Waals surface area (Å²) in [6, 6.07) is 0. The van der Waals surface area contributed by atoms with E-state index in [1.807, 2.05) is 21.1 Å². The molecule has 0 bridgehead atoms. The van der Waals surface area contributed by atoms with E-state index < -0.39 is 26.5 Å². The highest BCUT2D eigenvalue weighted by Crippen LogP contribution is 2.43. The summed E-state index contributed by atoms with van der Waals surface area (Å²) in [7, 11) is 1.47. The van der Waals surface area contributed by atoms with Gasteiger partial charge < -0.3 is 18.9 Å². The number of unbranched alkanes of at least 4 members (excludes halogenated alkanes) is 31. The molecule has 10 heteroatoms. The highest BCUT2D eigenvalue weighted by atomic mass is 31.2. The van der Waals surface area contributed by atoms with Crippen LogP contribution in [-0.2, 0) is 32.7 Å². The van der Waals surface area contributed by atoms with Crippen molar-refractivity contribution in [2.75, 3.05) is 47.5 Å². The van der Waals surface area contributed by atoms with Gasteiger partial charge in [-0.3, -0.25) is 18.6 Å². The fourth-order valence-electron chi connectivity index (χ4n) is 10.6. The van der Waals surface area contributed by atoms with Gasteiger partial charge in [0.1, 0.15) is 19.8 Å². The van der Waals surface area contributed by atoms with Gasteiger partial charge in [-0.2, -0.15) is 0 Å². The average molecular weight is 1350 g/mol. The molecule has 0 aromatic rings. The summed E-state index contributed by atoms with van der Waals surface area (Å²) in [5.74, 6) is -0.801. The summed E-state index contributed by atoms with van der Waals surface area (Å²) in [6.45, 7) is 4.21. The van der Waals surface area contributed by atoms with Gasteiger partial charge in [-0.1, -0.05) is 345 Å². The van der Waals surface area contributed by atoms with E-state index in [4.69, 9.17) is 18.5 Å². The first kappa shape index (κ1) is 91.6. The summed E-state index contributed by atoms with van der Waals surface area (Å²) >= 11 is 0. The van der Waals surface area contributed by atoms with Gasteiger partial charge in [0.2, 0.25) is 0 Å². The number of nitrogens with zero attached hydrogens (tertiary/aromatic N) is 1. The fraction of sp³-hybridized carbons (Fsp3) is 0.674. The SMILES string of the molecule is CC/C=C\C/C=C\C/C=C\C/C=C\C/C=C\C/C=C\C/C=C\CCCCCCCCCCCC(=O)OC(COC(=O)CCCCCCCCCCCCCCCCCCCCCCCC/C=C\C/C=C\C/C=C\C/C=C\C/C=C\C/C=C\CC)COP(=O)(O)OCC[N+](C)(C)C. The molecule has 0 saturated carbocycles. The van der Waals surface area contributed by atoms with Gasteiger partial charge in [0, 0.05) is 12.8 Å². The van der Waals surface area contributed by atoms with Crippen molar-refractivity contribution < 1.29 is 42.1 Å². The number of quaternary nitrogens is 1. The van der Waals surface area contributed by atoms with Crippen molar-refractivity contribution >= 4 is 19.8 Å². The number of esters is 2. The smallest absolute Gasteiger partial charge is 0.462 e. The van der Waals surface area contributed by atoms with Crippen LogP contribution in [0.2, 0.25) is 0 Å². The maximum absolute atomic E-state index is 12.9. The molecule has 1 N–H and O–H groups in total. The number of ether oxygens (including phenoxy) is 2. The highest BCUT2D eigenvalue weighted by Gasteiger charge is 2.27. The number of hydrogen-bond acceptors (Lipinski definition) is 7. The third-order valence-corrected chi connectivity index (χ3v) is 17.5. The van der Waals surface area contributed by atoms with Crippen molar-refractivity contribution in [1.29, 1.82) is 0 Å². The van der Waals surface area contributed by atoms with Gasteiger partial charge in [-0.05, 0) is 122 Å². The molecule has 0 fully saturated rings. The third-order valence-electron chi connectivity index (χ3n) is 16.6. The molecule has 548 valence electrons. The molecular weight excluding hydrogens is 1210 g/mol. The summed E-state index contributed by atoms with van der Waals surface area (Å²) in [4.78, 5) is 36.0. The molecule has 0 radical (unpaired) electrons. The van der Waals surface area contributed by atoms with Gasteiger partial charge >= 0.3 is 19.8 Å². The van der Waals surface area contributed by atoms with Gasteiger partial charge in [0.05, 0.1) is 27.7 Å². The first-order chi connectivity index (χ1) is 47.0. The van der Waals surface area contributed by atoms with Gasteiger partial charge in [-0.25, -0.2) is 4.57 Å². The Morgan fingerprint density at radius 1 is 0.323 bits per heavy atom. The Bertz CT molecular complexity index is 2180. The van der Waals surface area contributed by atoms with E-state index in [-0.39, 0.29) is 32.0 Å². The first-order valence-electron chi connectivity index (χ1n) is 39.2. The van der Waals surface area contributed by atoms with E-state index in [9.17, 15) is 19.0 Å². The normalized spacial score (nSPS) is 13.9. The van der Waals surface area contributed by atoms with E-state index in [1.165, 1.54) is 161 Å². The molecule has 0 rings (SSSR count). The molecule has 0 saturated heterocycles. The Kier molecular flexibility index (Phi) is 71.4. The summed E-state index contributed by atoms with van der Waals surface area (Å²) in [5, 5.41) is 0. The molecular formula is C86H147NO8P+. The second-order valence-corrected chi connectivity index (χ2v) is 28.4. The van der Waals surface area contributed by atoms with Crippen molar-refractivity contribution in [3.8, 4) is 0 Å². The number of phosphoric acid groups is 1. The second kappa shape index (κ2) is 74.8. The first-order valence-corrected chi connectivity index (χ1v) is 40.7. The number of likely N-dealkylation sites (N-methyl/N-ethyl adjacent to an activating group) is 1. The van der Waals surface area contributed by atoms with E-state index >= 15 is 0 Å². The van der Waals surface area contributed by atoms with E-state index in [0.717, 1.165) is 128 Å². The minimum atomic E-state index is -4.41. The predicted octanol–water partition coefficient (Wildman–Crippen LogP) is 26.3. The summed E-state index contributed by atoms with van der Waals surface area (Å²) in [6.07, 6.45) is 112. The zero-order valence-corrected chi connectivity index (χ0v) is 63.5. The molecule has 0 amide bonds. The van der Waals surface area contributed by atoms with Crippen LogP contribution in [0.4, 0.5) is 0 Å². The minimum Gasteiger partial charge on any atom is -0.462 e. The van der Waals surface area contributed by atoms with Crippen LogP contribution in [0.1, 0.15) is 322 Å². The molecule has 0 aromatic heterocycles. The predicted molar refractivity (Wildman–Crippen MR) is 417 cm³/mol. The van der Waals surface area contributed by atoms with Crippen LogP contribution >= 0.6 is 7.82 Å². The van der Waals surface area contributed by atoms with Crippen molar-refractivity contribution in [2.45, 2.75) is 328 Å². The monoisotopic (exact) mass is 1350 g/mol. The summed E-state index contributed by atoms with van der Waals surface area (Å²) in [5.41, 5.74) is 0. The number of carbonyl (C=O) groups is 2. The van der Waals surface area contributed by atoms with Crippen LogP contribution in [0.25, 0.3) is 0 Å². The summed E-state index contributed by atoms with van der Waals surface area (Å²) < 4.78 is 34.8. The molecule has 0 aromatic carbocycles. The van der Waals surface area contributed by atoms with Crippen LogP contribution in [0.3, 0.4) is 0 Å². The molecule has 2 unspecified atom stereocenters. The lowest BCUT2D eigenvalue weighted by Gasteiger charge is -2.24. The molecule has 0 aliphatic carbocycles. The third kappa shape index (κ3) is 78.6. The van der Waals surface area contributed by atoms with E-state index in [0.29, 0.717) is 17.4 Å². The quantitative estimate of drug-likeness (QED) is 0.0211. The van der Waals surface area contributed by atoms with Crippen LogP contribution in [0.15, 0.2) is 158 Å². The fourth-order valence-corrected chi connectivity index (χ4v) is 11.4. The maximum Gasteiger partial charge on any atom is 0.472 e. The zero-order valence-electron chi connectivity index (χ0n) is 62.6. The lowest BCUT2D eigenvalue weighted by molar-refractivity contribution is -0.870. The highest BCUT2D eigenvalue weighted by molar-refractivity contribution is 7.47. The lowest BCUT2D eigenvalue weighted by Crippen LogP contribution is -2.37. The van der Waals surface area contributed by atoms with Crippen molar-refractivity contribution in [3.63, 3.8) is 0 Å². The molecule has 0 aliphatic rings. The van der Waals surface area contributed by atoms with Crippen LogP contribution in [-0.4, -0.2) is 74.9 Å². The topological polar surface area (TPSA) is 108 Å². The minimum absolute atomic E-state index is 0.0252. The Morgan fingerprint density at radius 3 is 0.833 bits per heavy atom. The van der Waals surface area contributed by atoms with Gasteiger partial charge in [-0.15, -0.1) is 0 Å². The number of rotatable bonds is 71. The maximum atomic E-state index is 12.9. The molecule has 96 heavy (non-hydrogen) atoms. The number of carbonyl (C=O) groups excluding carboxylic acids is 2. The standard InChI is InChI=1S/C86H146NO8P/c1-6-8-10-12-14-16-18-20-22-24-26-28-30-32-34-36-38-39-40-41-42-43-44-45-46-47-49-50-52-54-56-58-60-62-64-66-68-70-72-74-76-78-85(88)92-82-84(83-94-96(90,91)93-81-80-87(3,4)5)95-86(89)79-77-75-73-71-69-67-65-63-61-59-57-55-53-51-48-37-35-33-31-29-27-25-23-21-19-17-15-13-11-9-7-2/h8-11,14-17,20-23,26-29,32-35,38-39,48,51,55,57,84H,6-7,12-13,18-19,24-25,30-31,36-37,40-47,49-50,52-54,56,58-83H2,1-5H3/p+1/b10-8-,11-9-,16-14-,17-15-,22-20-,23-21-,28-26-,29-27-,34-32-,35-33-,39-38-,51-48-,57-55-. The Balaban J connectivity index is 3.99. The number of hydrogen-bond donors (Lipinski definition) is 1. The van der Waals surface area contributed by atoms with E-state index in [1.54, 1.807) is 0 Å². The average Bonchev–Trinajstić information content (AvgIpc) is 1.97. The Labute approximate surface area is 592 Å². The number of allylic oxidation sites excluding steroid dienone is 26. The van der Waals surface area contributed by atoms with Crippen molar-refractivity contribution in [3.05, 3.63) is 158 Å². The van der Waals surface area contributed by atoms with Gasteiger partial charge in [0.15, 0.2) is 6.10 Å². The number of phosphoric ester groups is 1. The molecule has 9 nitrogen and oxygen atoms in total. The van der Waals surface area contributed by atoms with Gasteiger partial charge in [0.25, 0.3) is 0 Å².